The van der Waals surface area contributed by atoms with Crippen molar-refractivity contribution in [3.05, 3.63) is 53.9 Å². The summed E-state index contributed by atoms with van der Waals surface area (Å²) in [6.45, 7) is 9.80. The van der Waals surface area contributed by atoms with Gasteiger partial charge in [0.25, 0.3) is 0 Å². The number of esters is 1. The Labute approximate surface area is 217 Å². The molecule has 0 saturated heterocycles. The molecule has 5 unspecified atom stereocenters. The zero-order chi connectivity index (χ0) is 25.1. The molecule has 7 atom stereocenters. The number of nitrogens with zero attached hydrogens (tertiary/aromatic N) is 2. The fourth-order valence-corrected chi connectivity index (χ4v) is 9.68. The van der Waals surface area contributed by atoms with E-state index in [4.69, 9.17) is 9.84 Å². The molecule has 0 radical (unpaired) electrons. The van der Waals surface area contributed by atoms with Gasteiger partial charge in [0.15, 0.2) is 0 Å². The molecule has 4 heteroatoms. The van der Waals surface area contributed by atoms with Crippen LogP contribution in [-0.2, 0) is 21.7 Å². The lowest BCUT2D eigenvalue weighted by atomic mass is 9.39. The van der Waals surface area contributed by atoms with Gasteiger partial charge in [-0.25, -0.2) is 0 Å². The lowest BCUT2D eigenvalue weighted by Gasteiger charge is -2.65. The molecule has 1 heterocycles. The van der Waals surface area contributed by atoms with Crippen molar-refractivity contribution in [1.29, 1.82) is 0 Å². The normalized spacial score (nSPS) is 39.5. The van der Waals surface area contributed by atoms with Gasteiger partial charge in [-0.3, -0.25) is 9.48 Å². The van der Waals surface area contributed by atoms with Gasteiger partial charge in [-0.1, -0.05) is 44.2 Å². The zero-order valence-electron chi connectivity index (χ0n) is 22.7. The molecule has 194 valence electrons. The van der Waals surface area contributed by atoms with E-state index in [1.165, 1.54) is 38.5 Å². The minimum Gasteiger partial charge on any atom is -0.460 e. The molecule has 1 aromatic carbocycles. The van der Waals surface area contributed by atoms with Crippen molar-refractivity contribution in [1.82, 2.24) is 9.78 Å². The third-order valence-electron chi connectivity index (χ3n) is 10.9. The average molecular weight is 489 g/mol. The fraction of sp³-hybridized carbons (Fsp3) is 0.688. The van der Waals surface area contributed by atoms with Crippen LogP contribution in [0.3, 0.4) is 0 Å². The van der Waals surface area contributed by atoms with Crippen molar-refractivity contribution in [3.63, 3.8) is 0 Å². The molecule has 5 aliphatic carbocycles. The minimum atomic E-state index is -0.267. The molecule has 5 aliphatic rings. The smallest absolute Gasteiger partial charge is 0.312 e. The molecule has 0 amide bonds. The van der Waals surface area contributed by atoms with E-state index in [2.05, 4.69) is 56.8 Å². The van der Waals surface area contributed by atoms with Crippen molar-refractivity contribution < 1.29 is 9.53 Å². The molecule has 0 aliphatic heterocycles. The van der Waals surface area contributed by atoms with Gasteiger partial charge >= 0.3 is 5.97 Å². The second-order valence-electron chi connectivity index (χ2n) is 13.8. The largest absolute Gasteiger partial charge is 0.460 e. The van der Waals surface area contributed by atoms with Crippen LogP contribution < -0.4 is 0 Å². The summed E-state index contributed by atoms with van der Waals surface area (Å²) in [6.07, 6.45) is 12.9. The van der Waals surface area contributed by atoms with E-state index < -0.39 is 0 Å². The third kappa shape index (κ3) is 4.03. The average Bonchev–Trinajstić information content (AvgIpc) is 3.29. The lowest BCUT2D eigenvalue weighted by Crippen LogP contribution is -2.60. The van der Waals surface area contributed by atoms with Crippen molar-refractivity contribution in [2.45, 2.75) is 97.6 Å². The zero-order valence-corrected chi connectivity index (χ0v) is 22.7. The highest BCUT2D eigenvalue weighted by Gasteiger charge is 2.65. The van der Waals surface area contributed by atoms with Crippen LogP contribution in [0.25, 0.3) is 0 Å². The Morgan fingerprint density at radius 3 is 2.44 bits per heavy atom. The molecule has 5 saturated carbocycles. The van der Waals surface area contributed by atoms with E-state index in [1.54, 1.807) is 0 Å². The summed E-state index contributed by atoms with van der Waals surface area (Å²) >= 11 is 0. The maximum atomic E-state index is 13.8. The predicted octanol–water partition coefficient (Wildman–Crippen LogP) is 7.31. The summed E-state index contributed by atoms with van der Waals surface area (Å²) in [5.41, 5.74) is 2.26. The SMILES string of the molecule is Cc1ccn(C2(C)CCC(C(C)C)C(C34C[C@@H]5C[C@@H](CC(C(=O)OCc6ccccc6)(C5)C3)C4)C2)n1. The number of carbonyl (C=O) groups is 1. The van der Waals surface area contributed by atoms with Crippen LogP contribution in [-0.4, -0.2) is 15.7 Å². The van der Waals surface area contributed by atoms with Crippen LogP contribution in [0, 0.1) is 47.3 Å². The number of aryl methyl sites for hydroxylation is 1. The van der Waals surface area contributed by atoms with Gasteiger partial charge in [0, 0.05) is 6.20 Å². The number of carbonyl (C=O) groups excluding carboxylic acids is 1. The molecular formula is C32H44N2O2. The lowest BCUT2D eigenvalue weighted by molar-refractivity contribution is -0.197. The van der Waals surface area contributed by atoms with Crippen LogP contribution in [0.2, 0.25) is 0 Å². The van der Waals surface area contributed by atoms with Crippen LogP contribution in [0.1, 0.15) is 89.8 Å². The van der Waals surface area contributed by atoms with Gasteiger partial charge in [-0.05, 0) is 118 Å². The first-order valence-corrected chi connectivity index (χ1v) is 14.4. The Morgan fingerprint density at radius 2 is 1.81 bits per heavy atom. The van der Waals surface area contributed by atoms with Crippen molar-refractivity contribution >= 4 is 5.97 Å². The van der Waals surface area contributed by atoms with Gasteiger partial charge in [0.1, 0.15) is 6.61 Å². The number of rotatable bonds is 6. The molecular weight excluding hydrogens is 444 g/mol. The first-order valence-electron chi connectivity index (χ1n) is 14.4. The Hall–Kier alpha value is -2.10. The molecule has 0 spiro atoms. The molecule has 1 aromatic heterocycles. The number of hydrogen-bond donors (Lipinski definition) is 0. The van der Waals surface area contributed by atoms with E-state index in [0.717, 1.165) is 36.4 Å². The van der Waals surface area contributed by atoms with E-state index in [-0.39, 0.29) is 22.3 Å². The molecule has 5 fully saturated rings. The van der Waals surface area contributed by atoms with Gasteiger partial charge in [0.05, 0.1) is 16.6 Å². The Balaban J connectivity index is 1.30. The van der Waals surface area contributed by atoms with Crippen LogP contribution >= 0.6 is 0 Å². The number of aromatic nitrogens is 2. The van der Waals surface area contributed by atoms with Crippen LogP contribution in [0.15, 0.2) is 42.6 Å². The molecule has 0 N–H and O–H groups in total. The fourth-order valence-electron chi connectivity index (χ4n) is 9.68. The Morgan fingerprint density at radius 1 is 1.08 bits per heavy atom. The Bertz CT molecular complexity index is 1090. The topological polar surface area (TPSA) is 44.1 Å². The Kier molecular flexibility index (Phi) is 5.89. The molecule has 4 nitrogen and oxygen atoms in total. The van der Waals surface area contributed by atoms with Gasteiger partial charge < -0.3 is 4.74 Å². The summed E-state index contributed by atoms with van der Waals surface area (Å²) < 4.78 is 8.35. The number of ether oxygens (including phenoxy) is 1. The van der Waals surface area contributed by atoms with Crippen molar-refractivity contribution in [2.75, 3.05) is 0 Å². The highest BCUT2D eigenvalue weighted by Crippen LogP contribution is 2.70. The van der Waals surface area contributed by atoms with Gasteiger partial charge in [0.2, 0.25) is 0 Å². The van der Waals surface area contributed by atoms with Gasteiger partial charge in [-0.15, -0.1) is 0 Å². The van der Waals surface area contributed by atoms with E-state index in [1.807, 2.05) is 18.2 Å². The summed E-state index contributed by atoms with van der Waals surface area (Å²) in [6, 6.07) is 12.3. The van der Waals surface area contributed by atoms with E-state index in [0.29, 0.717) is 30.3 Å². The maximum absolute atomic E-state index is 13.8. The first-order chi connectivity index (χ1) is 17.2. The molecule has 2 aromatic rings. The standard InChI is InChI=1S/C32H44N2O2/c1-22(2)27-10-12-30(4,34-13-11-23(3)33-34)19-28(27)31-15-25-14-26(16-31)18-32(17-25,21-31)29(35)36-20-24-8-6-5-7-9-24/h5-9,11,13,22,25-28H,10,12,14-21H2,1-4H3/t25-,26+,27?,28?,30?,31?,32?. The molecule has 4 bridgehead atoms. The van der Waals surface area contributed by atoms with Crippen LogP contribution in [0.5, 0.6) is 0 Å². The molecule has 36 heavy (non-hydrogen) atoms. The van der Waals surface area contributed by atoms with E-state index in [9.17, 15) is 4.79 Å². The first kappa shape index (κ1) is 24.2. The summed E-state index contributed by atoms with van der Waals surface area (Å²) in [4.78, 5) is 13.8. The number of benzene rings is 1. The van der Waals surface area contributed by atoms with Crippen molar-refractivity contribution in [3.8, 4) is 0 Å². The van der Waals surface area contributed by atoms with E-state index >= 15 is 0 Å². The monoisotopic (exact) mass is 488 g/mol. The van der Waals surface area contributed by atoms with Crippen molar-refractivity contribution in [2.24, 2.45) is 40.4 Å². The second-order valence-corrected chi connectivity index (χ2v) is 13.8. The van der Waals surface area contributed by atoms with Crippen LogP contribution in [0.4, 0.5) is 0 Å². The second kappa shape index (κ2) is 8.74. The highest BCUT2D eigenvalue weighted by molar-refractivity contribution is 5.77. The minimum absolute atomic E-state index is 0.0641. The maximum Gasteiger partial charge on any atom is 0.312 e. The summed E-state index contributed by atoms with van der Waals surface area (Å²) in [5, 5.41) is 4.89. The number of hydrogen-bond acceptors (Lipinski definition) is 3. The highest BCUT2D eigenvalue weighted by atomic mass is 16.5. The predicted molar refractivity (Wildman–Crippen MR) is 142 cm³/mol. The summed E-state index contributed by atoms with van der Waals surface area (Å²) in [5.74, 6) is 3.50. The molecule has 7 rings (SSSR count). The summed E-state index contributed by atoms with van der Waals surface area (Å²) in [7, 11) is 0. The van der Waals surface area contributed by atoms with Gasteiger partial charge in [-0.2, -0.15) is 5.10 Å². The quantitative estimate of drug-likeness (QED) is 0.400. The third-order valence-corrected chi connectivity index (χ3v) is 10.9.